The van der Waals surface area contributed by atoms with E-state index < -0.39 is 0 Å². The van der Waals surface area contributed by atoms with Crippen molar-refractivity contribution < 1.29 is 26.3 Å². The fourth-order valence-corrected chi connectivity index (χ4v) is 4.99. The van der Waals surface area contributed by atoms with Crippen LogP contribution in [0.2, 0.25) is 0 Å². The molecule has 0 atom stereocenters. The van der Waals surface area contributed by atoms with E-state index >= 15 is 0 Å². The summed E-state index contributed by atoms with van der Waals surface area (Å²) in [4.78, 5) is 0. The third-order valence-electron chi connectivity index (χ3n) is 6.97. The Morgan fingerprint density at radius 1 is 0.800 bits per heavy atom. The fourth-order valence-electron chi connectivity index (χ4n) is 4.99. The van der Waals surface area contributed by atoms with Crippen LogP contribution in [0.25, 0.3) is 21.8 Å². The molecule has 188 valence electrons. The molecular weight excluding hydrogens is 496 g/mol. The molecule has 4 aromatic rings. The van der Waals surface area contributed by atoms with Crippen LogP contribution in [0.15, 0.2) is 60.8 Å². The molecule has 0 radical (unpaired) electrons. The summed E-state index contributed by atoms with van der Waals surface area (Å²) in [5.74, 6) is 0.997. The maximum absolute atomic E-state index is 6.19. The number of halogens is 1. The van der Waals surface area contributed by atoms with Crippen molar-refractivity contribution in [2.24, 2.45) is 0 Å². The number of aromatic nitrogens is 2. The lowest BCUT2D eigenvalue weighted by Crippen LogP contribution is -3.00. The zero-order valence-electron chi connectivity index (χ0n) is 21.7. The molecule has 2 aromatic carbocycles. The Kier molecular flexibility index (Phi) is 10.7. The van der Waals surface area contributed by atoms with Gasteiger partial charge in [-0.3, -0.25) is 0 Å². The van der Waals surface area contributed by atoms with Crippen LogP contribution in [0.4, 0.5) is 0 Å². The summed E-state index contributed by atoms with van der Waals surface area (Å²) >= 11 is 0. The Labute approximate surface area is 221 Å². The van der Waals surface area contributed by atoms with Gasteiger partial charge in [0.05, 0.1) is 12.1 Å². The second kappa shape index (κ2) is 13.7. The molecule has 0 saturated carbocycles. The van der Waals surface area contributed by atoms with Crippen molar-refractivity contribution in [3.05, 3.63) is 72.1 Å². The van der Waals surface area contributed by atoms with Gasteiger partial charge in [-0.1, -0.05) is 82.7 Å². The molecule has 0 N–H and O–H groups in total. The summed E-state index contributed by atoms with van der Waals surface area (Å²) < 4.78 is 11.1. The van der Waals surface area contributed by atoms with E-state index in [1.54, 1.807) is 0 Å². The first-order valence-corrected chi connectivity index (χ1v) is 13.3. The van der Waals surface area contributed by atoms with Gasteiger partial charge in [0.2, 0.25) is 5.69 Å². The first kappa shape index (κ1) is 27.3. The second-order valence-electron chi connectivity index (χ2n) is 9.58. The van der Waals surface area contributed by atoms with E-state index in [2.05, 4.69) is 90.7 Å². The smallest absolute Gasteiger partial charge is 0.203 e. The fraction of sp³-hybridized carbons (Fsp3) is 0.452. The molecule has 0 bridgehead atoms. The van der Waals surface area contributed by atoms with Crippen LogP contribution in [0.1, 0.15) is 76.5 Å². The highest BCUT2D eigenvalue weighted by atomic mass is 79.9. The summed E-state index contributed by atoms with van der Waals surface area (Å²) in [6.45, 7) is 9.54. The van der Waals surface area contributed by atoms with E-state index in [1.807, 2.05) is 0 Å². The van der Waals surface area contributed by atoms with Crippen molar-refractivity contribution in [2.45, 2.75) is 85.2 Å². The van der Waals surface area contributed by atoms with Gasteiger partial charge in [0.25, 0.3) is 0 Å². The average Bonchev–Trinajstić information content (AvgIpc) is 3.18. The first-order chi connectivity index (χ1) is 16.7. The van der Waals surface area contributed by atoms with Gasteiger partial charge in [-0.2, -0.15) is 4.57 Å². The zero-order valence-corrected chi connectivity index (χ0v) is 23.3. The van der Waals surface area contributed by atoms with Crippen LogP contribution in [0.5, 0.6) is 5.75 Å². The number of aryl methyl sites for hydroxylation is 2. The predicted octanol–water partition coefficient (Wildman–Crippen LogP) is 4.98. The molecule has 35 heavy (non-hydrogen) atoms. The van der Waals surface area contributed by atoms with Crippen LogP contribution in [-0.4, -0.2) is 11.2 Å². The van der Waals surface area contributed by atoms with Crippen LogP contribution >= 0.6 is 0 Å². The van der Waals surface area contributed by atoms with E-state index in [9.17, 15) is 0 Å². The Balaban J connectivity index is 0.00000342. The highest BCUT2D eigenvalue weighted by Gasteiger charge is 2.20. The molecule has 0 saturated heterocycles. The highest BCUT2D eigenvalue weighted by molar-refractivity contribution is 6.08. The molecule has 2 aromatic heterocycles. The van der Waals surface area contributed by atoms with Crippen molar-refractivity contribution in [2.75, 3.05) is 6.61 Å². The quantitative estimate of drug-likeness (QED) is 0.174. The summed E-state index contributed by atoms with van der Waals surface area (Å²) in [6, 6.07) is 19.7. The minimum absolute atomic E-state index is 0. The number of rotatable bonds is 13. The maximum Gasteiger partial charge on any atom is 0.203 e. The Morgan fingerprint density at radius 2 is 1.54 bits per heavy atom. The predicted molar refractivity (Wildman–Crippen MR) is 144 cm³/mol. The number of unbranched alkanes of at least 4 members (excludes halogenated alkanes) is 6. The lowest BCUT2D eigenvalue weighted by Gasteiger charge is -2.10. The normalized spacial score (nSPS) is 11.2. The number of pyridine rings is 1. The van der Waals surface area contributed by atoms with Crippen LogP contribution in [0, 0.1) is 6.92 Å². The van der Waals surface area contributed by atoms with E-state index in [0.29, 0.717) is 0 Å². The SMILES string of the molecule is CCCCCCCCOc1ccc2c3cc[n+](Cc4ccccc4)c(C)c3n(CCCC)c2c1.[Br-]. The minimum Gasteiger partial charge on any atom is -1.00 e. The van der Waals surface area contributed by atoms with Gasteiger partial charge in [-0.15, -0.1) is 0 Å². The molecule has 4 rings (SSSR count). The average molecular weight is 538 g/mol. The first-order valence-electron chi connectivity index (χ1n) is 13.3. The standard InChI is InChI=1S/C31H41N2O.BrH/c1-4-6-8-9-10-14-22-34-27-17-18-28-29-19-21-32(24-26-15-12-11-13-16-26)25(3)31(29)33(20-7-5-2)30(28)23-27;/h11-13,15-19,21,23H,4-10,14,20,22,24H2,1-3H3;1H/q+1;/p-1. The van der Waals surface area contributed by atoms with Crippen molar-refractivity contribution in [3.63, 3.8) is 0 Å². The minimum atomic E-state index is 0. The summed E-state index contributed by atoms with van der Waals surface area (Å²) in [5.41, 5.74) is 5.30. The van der Waals surface area contributed by atoms with Gasteiger partial charge in [0.15, 0.2) is 12.7 Å². The number of hydrogen-bond donors (Lipinski definition) is 0. The Bertz CT molecular complexity index is 1200. The number of hydrogen-bond acceptors (Lipinski definition) is 1. The molecule has 4 heteroatoms. The molecule has 0 aliphatic rings. The lowest BCUT2D eigenvalue weighted by atomic mass is 10.1. The maximum atomic E-state index is 6.19. The van der Waals surface area contributed by atoms with Crippen molar-refractivity contribution in [1.29, 1.82) is 0 Å². The van der Waals surface area contributed by atoms with Gasteiger partial charge >= 0.3 is 0 Å². The largest absolute Gasteiger partial charge is 1.00 e. The molecule has 0 spiro atoms. The topological polar surface area (TPSA) is 18.0 Å². The number of benzene rings is 2. The van der Waals surface area contributed by atoms with Crippen LogP contribution in [-0.2, 0) is 13.1 Å². The monoisotopic (exact) mass is 536 g/mol. The molecule has 0 unspecified atom stereocenters. The number of nitrogens with zero attached hydrogens (tertiary/aromatic N) is 2. The van der Waals surface area contributed by atoms with E-state index in [1.165, 1.54) is 78.0 Å². The molecule has 3 nitrogen and oxygen atoms in total. The Hall–Kier alpha value is -2.33. The van der Waals surface area contributed by atoms with Gasteiger partial charge in [0.1, 0.15) is 11.3 Å². The summed E-state index contributed by atoms with van der Waals surface area (Å²) in [7, 11) is 0. The van der Waals surface area contributed by atoms with Crippen molar-refractivity contribution >= 4 is 21.8 Å². The highest BCUT2D eigenvalue weighted by Crippen LogP contribution is 2.33. The van der Waals surface area contributed by atoms with Crippen molar-refractivity contribution in [3.8, 4) is 5.75 Å². The Morgan fingerprint density at radius 3 is 2.31 bits per heavy atom. The third-order valence-corrected chi connectivity index (χ3v) is 6.97. The molecule has 0 fully saturated rings. The third kappa shape index (κ3) is 6.67. The zero-order chi connectivity index (χ0) is 23.8. The summed E-state index contributed by atoms with van der Waals surface area (Å²) in [5, 5.41) is 2.67. The van der Waals surface area contributed by atoms with E-state index in [0.717, 1.165) is 31.9 Å². The van der Waals surface area contributed by atoms with E-state index in [-0.39, 0.29) is 17.0 Å². The lowest BCUT2D eigenvalue weighted by molar-refractivity contribution is -0.693. The van der Waals surface area contributed by atoms with Gasteiger partial charge in [-0.25, -0.2) is 0 Å². The van der Waals surface area contributed by atoms with Gasteiger partial charge < -0.3 is 26.3 Å². The van der Waals surface area contributed by atoms with Gasteiger partial charge in [-0.05, 0) is 25.0 Å². The number of fused-ring (bicyclic) bond motifs is 3. The van der Waals surface area contributed by atoms with Crippen molar-refractivity contribution in [1.82, 2.24) is 4.57 Å². The molecule has 0 amide bonds. The van der Waals surface area contributed by atoms with Crippen LogP contribution in [0.3, 0.4) is 0 Å². The molecule has 2 heterocycles. The van der Waals surface area contributed by atoms with Gasteiger partial charge in [0, 0.05) is 41.9 Å². The summed E-state index contributed by atoms with van der Waals surface area (Å²) in [6.07, 6.45) is 12.3. The van der Waals surface area contributed by atoms with Crippen LogP contribution < -0.4 is 26.3 Å². The molecule has 0 aliphatic carbocycles. The molecule has 0 aliphatic heterocycles. The molecular formula is C31H41BrN2O. The second-order valence-corrected chi connectivity index (χ2v) is 9.58. The van der Waals surface area contributed by atoms with E-state index in [4.69, 9.17) is 4.74 Å². The number of ether oxygens (including phenoxy) is 1.